The summed E-state index contributed by atoms with van der Waals surface area (Å²) in [4.78, 5) is 9.43. The van der Waals surface area contributed by atoms with Crippen LogP contribution in [-0.4, -0.2) is 14.5 Å². The van der Waals surface area contributed by atoms with Crippen molar-refractivity contribution in [3.63, 3.8) is 0 Å². The summed E-state index contributed by atoms with van der Waals surface area (Å²) in [5.74, 6) is 0. The zero-order chi connectivity index (χ0) is 29.5. The molecule has 0 atom stereocenters. The normalized spacial score (nSPS) is 12.0. The zero-order valence-electron chi connectivity index (χ0n) is 23.9. The molecule has 0 saturated heterocycles. The highest BCUT2D eigenvalue weighted by Crippen LogP contribution is 2.44. The van der Waals surface area contributed by atoms with Gasteiger partial charge in [-0.15, -0.1) is 0 Å². The lowest BCUT2D eigenvalue weighted by Gasteiger charge is -2.09. The standard InChI is InChI=1S/C40H23N3O2/c1-2-9-25(10-3-1)43-32-18-17-24(26-19-21-41-37-29-11-4-6-15-34(29)44-39(26)37)23-31(32)36-27(13-8-14-33(36)43)28-20-22-42-38-30-12-5-7-16-35(30)45-40(28)38/h1-23H. The summed E-state index contributed by atoms with van der Waals surface area (Å²) in [7, 11) is 0. The molecule has 5 heterocycles. The molecule has 0 aliphatic heterocycles. The molecule has 10 aromatic rings. The van der Waals surface area contributed by atoms with E-state index in [4.69, 9.17) is 18.8 Å². The monoisotopic (exact) mass is 577 g/mol. The third-order valence-electron chi connectivity index (χ3n) is 8.92. The minimum atomic E-state index is 0.793. The molecular formula is C40H23N3O2. The Morgan fingerprint density at radius 1 is 0.467 bits per heavy atom. The Morgan fingerprint density at radius 2 is 1.11 bits per heavy atom. The van der Waals surface area contributed by atoms with E-state index < -0.39 is 0 Å². The minimum Gasteiger partial charge on any atom is -0.454 e. The van der Waals surface area contributed by atoms with Gasteiger partial charge in [-0.1, -0.05) is 60.7 Å². The number of rotatable bonds is 3. The van der Waals surface area contributed by atoms with Gasteiger partial charge in [-0.3, -0.25) is 9.97 Å². The molecule has 210 valence electrons. The summed E-state index contributed by atoms with van der Waals surface area (Å²) in [6.45, 7) is 0. The van der Waals surface area contributed by atoms with Gasteiger partial charge < -0.3 is 13.4 Å². The Hall–Kier alpha value is -6.20. The van der Waals surface area contributed by atoms with Gasteiger partial charge in [-0.05, 0) is 77.9 Å². The number of para-hydroxylation sites is 3. The van der Waals surface area contributed by atoms with E-state index >= 15 is 0 Å². The van der Waals surface area contributed by atoms with E-state index in [-0.39, 0.29) is 0 Å². The third-order valence-corrected chi connectivity index (χ3v) is 8.92. The van der Waals surface area contributed by atoms with E-state index in [0.717, 1.165) is 93.9 Å². The molecule has 10 rings (SSSR count). The molecule has 45 heavy (non-hydrogen) atoms. The first-order chi connectivity index (χ1) is 22.3. The summed E-state index contributed by atoms with van der Waals surface area (Å²) in [6.07, 6.45) is 3.76. The van der Waals surface area contributed by atoms with Crippen LogP contribution in [0.4, 0.5) is 0 Å². The Kier molecular flexibility index (Phi) is 4.93. The van der Waals surface area contributed by atoms with Crippen molar-refractivity contribution < 1.29 is 8.83 Å². The van der Waals surface area contributed by atoms with E-state index in [1.54, 1.807) is 0 Å². The van der Waals surface area contributed by atoms with E-state index in [1.807, 2.05) is 54.9 Å². The highest BCUT2D eigenvalue weighted by atomic mass is 16.3. The fraction of sp³-hybridized carbons (Fsp3) is 0. The van der Waals surface area contributed by atoms with Gasteiger partial charge in [0.15, 0.2) is 11.2 Å². The topological polar surface area (TPSA) is 57.0 Å². The van der Waals surface area contributed by atoms with Crippen LogP contribution in [0.1, 0.15) is 0 Å². The first kappa shape index (κ1) is 24.3. The van der Waals surface area contributed by atoms with Gasteiger partial charge >= 0.3 is 0 Å². The molecule has 0 spiro atoms. The lowest BCUT2D eigenvalue weighted by atomic mass is 9.97. The molecule has 5 aromatic carbocycles. The van der Waals surface area contributed by atoms with E-state index in [0.29, 0.717) is 0 Å². The van der Waals surface area contributed by atoms with Gasteiger partial charge in [0.1, 0.15) is 22.2 Å². The van der Waals surface area contributed by atoms with Crippen LogP contribution in [0.2, 0.25) is 0 Å². The van der Waals surface area contributed by atoms with Crippen molar-refractivity contribution in [3.05, 3.63) is 140 Å². The number of hydrogen-bond donors (Lipinski definition) is 0. The number of nitrogens with zero attached hydrogens (tertiary/aromatic N) is 3. The number of fused-ring (bicyclic) bond motifs is 9. The molecule has 0 unspecified atom stereocenters. The average molecular weight is 578 g/mol. The summed E-state index contributed by atoms with van der Waals surface area (Å²) in [5.41, 5.74) is 12.6. The molecule has 0 radical (unpaired) electrons. The third kappa shape index (κ3) is 3.43. The number of hydrogen-bond acceptors (Lipinski definition) is 4. The van der Waals surface area contributed by atoms with Crippen LogP contribution in [0.5, 0.6) is 0 Å². The van der Waals surface area contributed by atoms with Crippen molar-refractivity contribution in [2.24, 2.45) is 0 Å². The Balaban J connectivity index is 1.31. The predicted octanol–water partition coefficient (Wildman–Crippen LogP) is 10.7. The van der Waals surface area contributed by atoms with Crippen molar-refractivity contribution in [3.8, 4) is 27.9 Å². The molecule has 0 bridgehead atoms. The smallest absolute Gasteiger partial charge is 0.161 e. The van der Waals surface area contributed by atoms with Crippen LogP contribution in [-0.2, 0) is 0 Å². The second kappa shape index (κ2) is 9.15. The molecule has 0 N–H and O–H groups in total. The van der Waals surface area contributed by atoms with Crippen molar-refractivity contribution in [1.29, 1.82) is 0 Å². The fourth-order valence-electron chi connectivity index (χ4n) is 6.97. The Labute approximate surface area is 256 Å². The van der Waals surface area contributed by atoms with Crippen LogP contribution >= 0.6 is 0 Å². The van der Waals surface area contributed by atoms with Crippen molar-refractivity contribution in [2.75, 3.05) is 0 Å². The van der Waals surface area contributed by atoms with Crippen LogP contribution in [0.3, 0.4) is 0 Å². The summed E-state index contributed by atoms with van der Waals surface area (Å²) in [6, 6.07) is 44.0. The number of aromatic nitrogens is 3. The van der Waals surface area contributed by atoms with Crippen LogP contribution in [0.15, 0.2) is 149 Å². The molecule has 0 aliphatic carbocycles. The van der Waals surface area contributed by atoms with Gasteiger partial charge in [-0.25, -0.2) is 0 Å². The molecule has 0 fully saturated rings. The van der Waals surface area contributed by atoms with Crippen LogP contribution in [0, 0.1) is 0 Å². The van der Waals surface area contributed by atoms with Gasteiger partial charge in [0.25, 0.3) is 0 Å². The maximum Gasteiger partial charge on any atom is 0.161 e. The van der Waals surface area contributed by atoms with Crippen LogP contribution in [0.25, 0.3) is 93.9 Å². The molecule has 0 amide bonds. The molecular weight excluding hydrogens is 554 g/mol. The van der Waals surface area contributed by atoms with Gasteiger partial charge in [-0.2, -0.15) is 0 Å². The maximum atomic E-state index is 6.47. The summed E-state index contributed by atoms with van der Waals surface area (Å²) < 4.78 is 15.2. The lowest BCUT2D eigenvalue weighted by Crippen LogP contribution is -1.93. The van der Waals surface area contributed by atoms with E-state index in [9.17, 15) is 0 Å². The lowest BCUT2D eigenvalue weighted by molar-refractivity contribution is 0.669. The molecule has 5 heteroatoms. The summed E-state index contributed by atoms with van der Waals surface area (Å²) >= 11 is 0. The second-order valence-electron chi connectivity index (χ2n) is 11.4. The van der Waals surface area contributed by atoms with Crippen molar-refractivity contribution in [2.45, 2.75) is 0 Å². The molecule has 5 nitrogen and oxygen atoms in total. The van der Waals surface area contributed by atoms with Crippen LogP contribution < -0.4 is 0 Å². The molecule has 5 aromatic heterocycles. The average Bonchev–Trinajstić information content (AvgIpc) is 3.78. The minimum absolute atomic E-state index is 0.793. The first-order valence-corrected chi connectivity index (χ1v) is 15.0. The van der Waals surface area contributed by atoms with Gasteiger partial charge in [0, 0.05) is 50.8 Å². The predicted molar refractivity (Wildman–Crippen MR) is 182 cm³/mol. The Bertz CT molecular complexity index is 2770. The number of furan rings is 2. The van der Waals surface area contributed by atoms with Crippen molar-refractivity contribution in [1.82, 2.24) is 14.5 Å². The highest BCUT2D eigenvalue weighted by Gasteiger charge is 2.21. The molecule has 0 saturated carbocycles. The Morgan fingerprint density at radius 3 is 1.84 bits per heavy atom. The van der Waals surface area contributed by atoms with Crippen molar-refractivity contribution >= 4 is 65.9 Å². The number of benzene rings is 5. The van der Waals surface area contributed by atoms with E-state index in [2.05, 4.69) is 89.5 Å². The summed E-state index contributed by atoms with van der Waals surface area (Å²) in [5, 5.41) is 4.33. The highest BCUT2D eigenvalue weighted by molar-refractivity contribution is 6.19. The SMILES string of the molecule is c1ccc(-n2c3ccc(-c4ccnc5c4oc4ccccc45)cc3c3c(-c4ccnc5c4oc4ccccc45)cccc32)cc1. The zero-order valence-corrected chi connectivity index (χ0v) is 23.9. The second-order valence-corrected chi connectivity index (χ2v) is 11.4. The number of pyridine rings is 2. The molecule has 0 aliphatic rings. The quantitative estimate of drug-likeness (QED) is 0.210. The van der Waals surface area contributed by atoms with Gasteiger partial charge in [0.2, 0.25) is 0 Å². The first-order valence-electron chi connectivity index (χ1n) is 15.0. The van der Waals surface area contributed by atoms with Gasteiger partial charge in [0.05, 0.1) is 11.0 Å². The van der Waals surface area contributed by atoms with E-state index in [1.165, 1.54) is 0 Å². The maximum absolute atomic E-state index is 6.47. The fourth-order valence-corrected chi connectivity index (χ4v) is 6.97. The largest absolute Gasteiger partial charge is 0.454 e.